The zero-order valence-electron chi connectivity index (χ0n) is 15.8. The number of hydrogen-bond donors (Lipinski definition) is 0. The average Bonchev–Trinajstić information content (AvgIpc) is 2.74. The van der Waals surface area contributed by atoms with Crippen LogP contribution in [0.5, 0.6) is 0 Å². The molecule has 0 bridgehead atoms. The number of amides is 1. The Hall–Kier alpha value is -2.87. The molecule has 27 heavy (non-hydrogen) atoms. The number of nitrogens with zero attached hydrogens (tertiary/aromatic N) is 4. The first-order valence-electron chi connectivity index (χ1n) is 9.65. The van der Waals surface area contributed by atoms with Gasteiger partial charge in [0.1, 0.15) is 11.9 Å². The summed E-state index contributed by atoms with van der Waals surface area (Å²) in [5, 5.41) is 8.89. The van der Waals surface area contributed by atoms with E-state index in [1.54, 1.807) is 12.3 Å². The fourth-order valence-electron chi connectivity index (χ4n) is 3.59. The van der Waals surface area contributed by atoms with Crippen molar-refractivity contribution in [1.82, 2.24) is 9.88 Å². The number of piperidine rings is 1. The lowest BCUT2D eigenvalue weighted by molar-refractivity contribution is -0.136. The SMILES string of the molecule is CCCN(Cc1ccccc1)C(=O)C1CCN(c2ccc(C#N)cn2)CC1. The molecule has 5 nitrogen and oxygen atoms in total. The summed E-state index contributed by atoms with van der Waals surface area (Å²) in [5.74, 6) is 1.23. The molecule has 1 fully saturated rings. The summed E-state index contributed by atoms with van der Waals surface area (Å²) in [4.78, 5) is 21.7. The predicted molar refractivity (Wildman–Crippen MR) is 106 cm³/mol. The first kappa shape index (κ1) is 18.9. The molecule has 140 valence electrons. The first-order valence-corrected chi connectivity index (χ1v) is 9.65. The third-order valence-corrected chi connectivity index (χ3v) is 5.07. The molecule has 1 saturated heterocycles. The van der Waals surface area contributed by atoms with E-state index in [9.17, 15) is 4.79 Å². The van der Waals surface area contributed by atoms with Crippen molar-refractivity contribution in [2.75, 3.05) is 24.5 Å². The summed E-state index contributed by atoms with van der Waals surface area (Å²) in [5.41, 5.74) is 1.75. The van der Waals surface area contributed by atoms with Crippen molar-refractivity contribution in [1.29, 1.82) is 5.26 Å². The molecule has 0 radical (unpaired) electrons. The van der Waals surface area contributed by atoms with Crippen LogP contribution < -0.4 is 4.90 Å². The third kappa shape index (κ3) is 4.85. The van der Waals surface area contributed by atoms with E-state index in [2.05, 4.69) is 35.0 Å². The number of anilines is 1. The molecule has 0 N–H and O–H groups in total. The Balaban J connectivity index is 1.59. The summed E-state index contributed by atoms with van der Waals surface area (Å²) in [6, 6.07) is 16.0. The lowest BCUT2D eigenvalue weighted by atomic mass is 9.95. The molecular weight excluding hydrogens is 336 g/mol. The topological polar surface area (TPSA) is 60.2 Å². The minimum absolute atomic E-state index is 0.0786. The molecule has 1 aromatic heterocycles. The predicted octanol–water partition coefficient (Wildman–Crippen LogP) is 3.61. The van der Waals surface area contributed by atoms with Gasteiger partial charge < -0.3 is 9.80 Å². The van der Waals surface area contributed by atoms with Gasteiger partial charge in [0.2, 0.25) is 5.91 Å². The Morgan fingerprint density at radius 3 is 2.56 bits per heavy atom. The van der Waals surface area contributed by atoms with Gasteiger partial charge in [-0.3, -0.25) is 4.79 Å². The molecule has 0 atom stereocenters. The molecule has 0 unspecified atom stereocenters. The number of carbonyl (C=O) groups excluding carboxylic acids is 1. The molecule has 0 spiro atoms. The van der Waals surface area contributed by atoms with E-state index in [0.29, 0.717) is 12.1 Å². The Bertz CT molecular complexity index is 774. The number of carbonyl (C=O) groups is 1. The van der Waals surface area contributed by atoms with Crippen molar-refractivity contribution < 1.29 is 4.79 Å². The second-order valence-electron chi connectivity index (χ2n) is 7.02. The second-order valence-corrected chi connectivity index (χ2v) is 7.02. The maximum absolute atomic E-state index is 13.1. The van der Waals surface area contributed by atoms with E-state index in [-0.39, 0.29) is 11.8 Å². The average molecular weight is 362 g/mol. The largest absolute Gasteiger partial charge is 0.357 e. The van der Waals surface area contributed by atoms with E-state index < -0.39 is 0 Å². The number of rotatable bonds is 6. The summed E-state index contributed by atoms with van der Waals surface area (Å²) < 4.78 is 0. The molecule has 2 aromatic rings. The Labute approximate surface area is 161 Å². The van der Waals surface area contributed by atoms with E-state index in [1.807, 2.05) is 29.2 Å². The highest BCUT2D eigenvalue weighted by Gasteiger charge is 2.28. The number of hydrogen-bond acceptors (Lipinski definition) is 4. The van der Waals surface area contributed by atoms with E-state index in [4.69, 9.17) is 5.26 Å². The van der Waals surface area contributed by atoms with Crippen LogP contribution in [0.15, 0.2) is 48.7 Å². The van der Waals surface area contributed by atoms with E-state index >= 15 is 0 Å². The van der Waals surface area contributed by atoms with Gasteiger partial charge in [-0.05, 0) is 37.0 Å². The molecule has 3 rings (SSSR count). The van der Waals surface area contributed by atoms with E-state index in [1.165, 1.54) is 5.56 Å². The van der Waals surface area contributed by atoms with Crippen molar-refractivity contribution in [3.63, 3.8) is 0 Å². The number of nitriles is 1. The number of aromatic nitrogens is 1. The van der Waals surface area contributed by atoms with Crippen LogP contribution in [0.4, 0.5) is 5.82 Å². The van der Waals surface area contributed by atoms with Crippen LogP contribution in [0.1, 0.15) is 37.3 Å². The standard InChI is InChI=1S/C22H26N4O/c1-2-12-26(17-18-6-4-3-5-7-18)22(27)20-10-13-25(14-11-20)21-9-8-19(15-23)16-24-21/h3-9,16,20H,2,10-14,17H2,1H3. The monoisotopic (exact) mass is 362 g/mol. The summed E-state index contributed by atoms with van der Waals surface area (Å²) in [6.07, 6.45) is 4.26. The van der Waals surface area contributed by atoms with Crippen LogP contribution in [0, 0.1) is 17.2 Å². The molecule has 1 aromatic carbocycles. The maximum atomic E-state index is 13.1. The Kier molecular flexibility index (Phi) is 6.43. The van der Waals surface area contributed by atoms with Crippen LogP contribution in [-0.2, 0) is 11.3 Å². The van der Waals surface area contributed by atoms with Crippen LogP contribution >= 0.6 is 0 Å². The maximum Gasteiger partial charge on any atom is 0.226 e. The van der Waals surface area contributed by atoms with Crippen molar-refractivity contribution >= 4 is 11.7 Å². The smallest absolute Gasteiger partial charge is 0.226 e. The van der Waals surface area contributed by atoms with Gasteiger partial charge >= 0.3 is 0 Å². The van der Waals surface area contributed by atoms with Crippen molar-refractivity contribution in [2.45, 2.75) is 32.7 Å². The van der Waals surface area contributed by atoms with Crippen molar-refractivity contribution in [3.8, 4) is 6.07 Å². The van der Waals surface area contributed by atoms with Gasteiger partial charge in [-0.1, -0.05) is 37.3 Å². The molecule has 0 aliphatic carbocycles. The van der Waals surface area contributed by atoms with Crippen molar-refractivity contribution in [2.24, 2.45) is 5.92 Å². The first-order chi connectivity index (χ1) is 13.2. The van der Waals surface area contributed by atoms with Crippen LogP contribution in [0.3, 0.4) is 0 Å². The van der Waals surface area contributed by atoms with Gasteiger partial charge in [0.25, 0.3) is 0 Å². The molecule has 5 heteroatoms. The highest BCUT2D eigenvalue weighted by Crippen LogP contribution is 2.24. The fraction of sp³-hybridized carbons (Fsp3) is 0.409. The fourth-order valence-corrected chi connectivity index (χ4v) is 3.59. The highest BCUT2D eigenvalue weighted by atomic mass is 16.2. The Morgan fingerprint density at radius 1 is 1.22 bits per heavy atom. The number of pyridine rings is 1. The van der Waals surface area contributed by atoms with Crippen LogP contribution in [-0.4, -0.2) is 35.4 Å². The zero-order chi connectivity index (χ0) is 19.1. The molecule has 1 aliphatic rings. The van der Waals surface area contributed by atoms with E-state index in [0.717, 1.165) is 44.7 Å². The minimum Gasteiger partial charge on any atom is -0.357 e. The Morgan fingerprint density at radius 2 is 1.96 bits per heavy atom. The lowest BCUT2D eigenvalue weighted by Crippen LogP contribution is -2.42. The highest BCUT2D eigenvalue weighted by molar-refractivity contribution is 5.79. The molecule has 1 aliphatic heterocycles. The van der Waals surface area contributed by atoms with Gasteiger partial charge in [0, 0.05) is 38.3 Å². The van der Waals surface area contributed by atoms with Crippen LogP contribution in [0.2, 0.25) is 0 Å². The zero-order valence-corrected chi connectivity index (χ0v) is 15.8. The molecule has 0 saturated carbocycles. The van der Waals surface area contributed by atoms with Gasteiger partial charge in [0.15, 0.2) is 0 Å². The van der Waals surface area contributed by atoms with Crippen molar-refractivity contribution in [3.05, 3.63) is 59.8 Å². The minimum atomic E-state index is 0.0786. The summed E-state index contributed by atoms with van der Waals surface area (Å²) in [6.45, 7) is 5.24. The quantitative estimate of drug-likeness (QED) is 0.788. The van der Waals surface area contributed by atoms with Crippen LogP contribution in [0.25, 0.3) is 0 Å². The summed E-state index contributed by atoms with van der Waals surface area (Å²) >= 11 is 0. The normalized spacial score (nSPS) is 14.6. The molecular formula is C22H26N4O. The van der Waals surface area contributed by atoms with Gasteiger partial charge in [-0.25, -0.2) is 4.98 Å². The van der Waals surface area contributed by atoms with Gasteiger partial charge in [-0.2, -0.15) is 5.26 Å². The number of benzene rings is 1. The van der Waals surface area contributed by atoms with Gasteiger partial charge in [0.05, 0.1) is 5.56 Å². The second kappa shape index (κ2) is 9.18. The molecule has 2 heterocycles. The van der Waals surface area contributed by atoms with Gasteiger partial charge in [-0.15, -0.1) is 0 Å². The summed E-state index contributed by atoms with van der Waals surface area (Å²) in [7, 11) is 0. The third-order valence-electron chi connectivity index (χ3n) is 5.07. The lowest BCUT2D eigenvalue weighted by Gasteiger charge is -2.35. The molecule has 1 amide bonds.